The Labute approximate surface area is 84.9 Å². The number of ether oxygens (including phenoxy) is 1. The maximum absolute atomic E-state index is 10.5. The van der Waals surface area contributed by atoms with Crippen LogP contribution in [0.25, 0.3) is 0 Å². The van der Waals surface area contributed by atoms with Crippen molar-refractivity contribution in [3.05, 3.63) is 0 Å². The molecular formula is C10H20O4. The average molecular weight is 204 g/mol. The van der Waals surface area contributed by atoms with Gasteiger partial charge in [-0.2, -0.15) is 0 Å². The molecule has 0 aromatic carbocycles. The van der Waals surface area contributed by atoms with Gasteiger partial charge in [0.1, 0.15) is 0 Å². The molecule has 1 rings (SSSR count). The highest BCUT2D eigenvalue weighted by atomic mass is 16.5. The lowest BCUT2D eigenvalue weighted by molar-refractivity contribution is -0.142. The highest BCUT2D eigenvalue weighted by Crippen LogP contribution is 2.06. The summed E-state index contributed by atoms with van der Waals surface area (Å²) in [6.45, 7) is 3.56. The zero-order valence-electron chi connectivity index (χ0n) is 8.95. The topological polar surface area (TPSA) is 66.8 Å². The molecular weight excluding hydrogens is 184 g/mol. The van der Waals surface area contributed by atoms with Crippen molar-refractivity contribution in [1.82, 2.24) is 0 Å². The first kappa shape index (κ1) is 13.4. The van der Waals surface area contributed by atoms with Crippen LogP contribution in [-0.2, 0) is 9.53 Å². The second kappa shape index (κ2) is 6.79. The van der Waals surface area contributed by atoms with E-state index < -0.39 is 5.60 Å². The molecule has 1 aliphatic heterocycles. The van der Waals surface area contributed by atoms with Crippen LogP contribution in [0.2, 0.25) is 0 Å². The van der Waals surface area contributed by atoms with Crippen molar-refractivity contribution in [3.8, 4) is 0 Å². The van der Waals surface area contributed by atoms with E-state index in [1.165, 1.54) is 0 Å². The maximum atomic E-state index is 10.5. The summed E-state index contributed by atoms with van der Waals surface area (Å²) in [5.41, 5.74) is -0.903. The van der Waals surface area contributed by atoms with E-state index in [9.17, 15) is 4.79 Å². The largest absolute Gasteiger partial charge is 0.466 e. The summed E-state index contributed by atoms with van der Waals surface area (Å²) in [7, 11) is 0. The number of esters is 1. The quantitative estimate of drug-likeness (QED) is 0.621. The summed E-state index contributed by atoms with van der Waals surface area (Å²) < 4.78 is 4.76. The normalized spacial score (nSPS) is 17.6. The Bertz CT molecular complexity index is 150. The van der Waals surface area contributed by atoms with Crippen LogP contribution in [0.5, 0.6) is 0 Å². The molecule has 0 atom stereocenters. The molecule has 0 bridgehead atoms. The molecule has 0 aliphatic carbocycles. The lowest BCUT2D eigenvalue weighted by Crippen LogP contribution is -2.23. The van der Waals surface area contributed by atoms with Gasteiger partial charge < -0.3 is 14.9 Å². The van der Waals surface area contributed by atoms with Gasteiger partial charge in [-0.1, -0.05) is 0 Å². The molecule has 1 saturated heterocycles. The van der Waals surface area contributed by atoms with Crippen LogP contribution in [0.1, 0.15) is 39.5 Å². The fourth-order valence-electron chi connectivity index (χ4n) is 0.806. The monoisotopic (exact) mass is 204 g/mol. The van der Waals surface area contributed by atoms with E-state index in [-0.39, 0.29) is 12.6 Å². The van der Waals surface area contributed by atoms with Gasteiger partial charge in [-0.05, 0) is 33.1 Å². The molecule has 1 fully saturated rings. The lowest BCUT2D eigenvalue weighted by Gasteiger charge is -2.10. The third-order valence-corrected chi connectivity index (χ3v) is 1.68. The Morgan fingerprint density at radius 2 is 1.93 bits per heavy atom. The van der Waals surface area contributed by atoms with Crippen molar-refractivity contribution in [2.45, 2.75) is 45.1 Å². The third-order valence-electron chi connectivity index (χ3n) is 1.68. The smallest absolute Gasteiger partial charge is 0.305 e. The van der Waals surface area contributed by atoms with Gasteiger partial charge in [0.15, 0.2) is 0 Å². The number of rotatable bonds is 1. The minimum atomic E-state index is -0.903. The standard InChI is InChI=1S/C6H10O2.C4H10O2/c7-6-4-2-1-3-5-8-6;1-4(2,6)3-5/h1-5H2;5-6H,3H2,1-2H3. The molecule has 14 heavy (non-hydrogen) atoms. The van der Waals surface area contributed by atoms with E-state index in [1.54, 1.807) is 13.8 Å². The van der Waals surface area contributed by atoms with Crippen molar-refractivity contribution < 1.29 is 19.7 Å². The van der Waals surface area contributed by atoms with Crippen molar-refractivity contribution in [1.29, 1.82) is 0 Å². The van der Waals surface area contributed by atoms with Crippen LogP contribution in [0.4, 0.5) is 0 Å². The molecule has 0 aromatic heterocycles. The summed E-state index contributed by atoms with van der Waals surface area (Å²) in [6.07, 6.45) is 3.83. The maximum Gasteiger partial charge on any atom is 0.305 e. The molecule has 0 spiro atoms. The highest BCUT2D eigenvalue weighted by Gasteiger charge is 2.07. The van der Waals surface area contributed by atoms with Crippen LogP contribution in [-0.4, -0.2) is 35.0 Å². The van der Waals surface area contributed by atoms with Crippen LogP contribution in [0.15, 0.2) is 0 Å². The SMILES string of the molecule is CC(C)(O)CO.O=C1CCCCCO1. The number of carbonyl (C=O) groups excluding carboxylic acids is 1. The van der Waals surface area contributed by atoms with E-state index in [1.807, 2.05) is 0 Å². The number of aliphatic hydroxyl groups excluding tert-OH is 1. The molecule has 4 nitrogen and oxygen atoms in total. The van der Waals surface area contributed by atoms with E-state index in [0.29, 0.717) is 13.0 Å². The van der Waals surface area contributed by atoms with Gasteiger partial charge in [0.2, 0.25) is 0 Å². The van der Waals surface area contributed by atoms with Gasteiger partial charge in [-0.25, -0.2) is 0 Å². The van der Waals surface area contributed by atoms with E-state index in [4.69, 9.17) is 14.9 Å². The second-order valence-electron chi connectivity index (χ2n) is 4.00. The number of cyclic esters (lactones) is 1. The lowest BCUT2D eigenvalue weighted by atomic mass is 10.2. The first-order valence-corrected chi connectivity index (χ1v) is 4.94. The predicted molar refractivity (Wildman–Crippen MR) is 52.8 cm³/mol. The molecule has 0 amide bonds. The van der Waals surface area contributed by atoms with Crippen molar-refractivity contribution in [3.63, 3.8) is 0 Å². The number of hydrogen-bond donors (Lipinski definition) is 2. The van der Waals surface area contributed by atoms with Gasteiger partial charge in [0.05, 0.1) is 18.8 Å². The minimum Gasteiger partial charge on any atom is -0.466 e. The number of hydrogen-bond acceptors (Lipinski definition) is 4. The third kappa shape index (κ3) is 9.48. The zero-order valence-corrected chi connectivity index (χ0v) is 8.95. The molecule has 0 aromatic rings. The second-order valence-corrected chi connectivity index (χ2v) is 4.00. The summed E-state index contributed by atoms with van der Waals surface area (Å²) in [6, 6.07) is 0. The van der Waals surface area contributed by atoms with E-state index >= 15 is 0 Å². The number of carbonyl (C=O) groups is 1. The van der Waals surface area contributed by atoms with Crippen molar-refractivity contribution in [2.75, 3.05) is 13.2 Å². The minimum absolute atomic E-state index is 0.0255. The average Bonchev–Trinajstić information content (AvgIpc) is 2.32. The number of aliphatic hydroxyl groups is 2. The molecule has 2 N–H and O–H groups in total. The summed E-state index contributed by atoms with van der Waals surface area (Å²) >= 11 is 0. The molecule has 84 valence electrons. The Morgan fingerprint density at radius 3 is 2.43 bits per heavy atom. The van der Waals surface area contributed by atoms with Gasteiger partial charge in [-0.15, -0.1) is 0 Å². The molecule has 1 aliphatic rings. The summed E-state index contributed by atoms with van der Waals surface area (Å²) in [5, 5.41) is 16.7. The van der Waals surface area contributed by atoms with Crippen LogP contribution < -0.4 is 0 Å². The van der Waals surface area contributed by atoms with Crippen LogP contribution >= 0.6 is 0 Å². The molecule has 1 heterocycles. The molecule has 0 saturated carbocycles. The summed E-state index contributed by atoms with van der Waals surface area (Å²) in [5.74, 6) is -0.0255. The van der Waals surface area contributed by atoms with Crippen molar-refractivity contribution >= 4 is 5.97 Å². The summed E-state index contributed by atoms with van der Waals surface area (Å²) in [4.78, 5) is 10.5. The van der Waals surface area contributed by atoms with Crippen LogP contribution in [0, 0.1) is 0 Å². The van der Waals surface area contributed by atoms with Crippen LogP contribution in [0.3, 0.4) is 0 Å². The van der Waals surface area contributed by atoms with Gasteiger partial charge >= 0.3 is 5.97 Å². The molecule has 0 unspecified atom stereocenters. The van der Waals surface area contributed by atoms with E-state index in [0.717, 1.165) is 19.3 Å². The van der Waals surface area contributed by atoms with Gasteiger partial charge in [0, 0.05) is 6.42 Å². The highest BCUT2D eigenvalue weighted by molar-refractivity contribution is 5.69. The Morgan fingerprint density at radius 1 is 1.36 bits per heavy atom. The molecule has 0 radical (unpaired) electrons. The fourth-order valence-corrected chi connectivity index (χ4v) is 0.806. The molecule has 4 heteroatoms. The van der Waals surface area contributed by atoms with Gasteiger partial charge in [0.25, 0.3) is 0 Å². The Hall–Kier alpha value is -0.610. The van der Waals surface area contributed by atoms with Gasteiger partial charge in [-0.3, -0.25) is 4.79 Å². The Balaban J connectivity index is 0.000000255. The first-order chi connectivity index (χ1) is 6.45. The van der Waals surface area contributed by atoms with E-state index in [2.05, 4.69) is 0 Å². The Kier molecular flexibility index (Phi) is 6.49. The first-order valence-electron chi connectivity index (χ1n) is 4.94. The zero-order chi connectivity index (χ0) is 11.0. The van der Waals surface area contributed by atoms with Crippen molar-refractivity contribution in [2.24, 2.45) is 0 Å². The fraction of sp³-hybridized carbons (Fsp3) is 0.900. The predicted octanol–water partition coefficient (Wildman–Crippen LogP) is 0.853.